The van der Waals surface area contributed by atoms with Gasteiger partial charge in [-0.15, -0.1) is 0 Å². The first kappa shape index (κ1) is 25.6. The van der Waals surface area contributed by atoms with Crippen molar-refractivity contribution < 1.29 is 19.1 Å². The van der Waals surface area contributed by atoms with Crippen molar-refractivity contribution in [1.82, 2.24) is 5.43 Å². The molecule has 0 saturated heterocycles. The Balaban J connectivity index is 1.60. The van der Waals surface area contributed by atoms with E-state index < -0.39 is 11.8 Å². The van der Waals surface area contributed by atoms with E-state index >= 15 is 0 Å². The smallest absolute Gasteiger partial charge is 0.329 e. The van der Waals surface area contributed by atoms with Crippen molar-refractivity contribution in [2.75, 3.05) is 12.4 Å². The van der Waals surface area contributed by atoms with Gasteiger partial charge in [0, 0.05) is 20.6 Å². The predicted octanol–water partition coefficient (Wildman–Crippen LogP) is 5.98. The second kappa shape index (κ2) is 11.9. The number of rotatable bonds is 7. The van der Waals surface area contributed by atoms with Crippen molar-refractivity contribution >= 4 is 70.1 Å². The number of benzene rings is 3. The van der Waals surface area contributed by atoms with E-state index in [9.17, 15) is 9.59 Å². The number of hydrogen-bond acceptors (Lipinski definition) is 5. The average molecular weight is 541 g/mol. The average Bonchev–Trinajstić information content (AvgIpc) is 2.81. The Morgan fingerprint density at radius 3 is 2.35 bits per heavy atom. The van der Waals surface area contributed by atoms with Crippen molar-refractivity contribution in [3.05, 3.63) is 85.8 Å². The summed E-state index contributed by atoms with van der Waals surface area (Å²) >= 11 is 24.2. The SMILES string of the molecule is COc1cc(/C=N/NC(=O)C(=O)Nc2cc(Cl)ccc2Cl)ccc1OCc1c(Cl)cccc1Cl. The minimum atomic E-state index is -0.990. The van der Waals surface area contributed by atoms with Crippen LogP contribution in [0.3, 0.4) is 0 Å². The van der Waals surface area contributed by atoms with E-state index in [-0.39, 0.29) is 17.3 Å². The number of amides is 2. The maximum atomic E-state index is 12.0. The van der Waals surface area contributed by atoms with Crippen LogP contribution in [0.1, 0.15) is 11.1 Å². The highest BCUT2D eigenvalue weighted by atomic mass is 35.5. The molecule has 0 unspecified atom stereocenters. The Hall–Kier alpha value is -2.97. The molecule has 0 heterocycles. The fraction of sp³-hybridized carbons (Fsp3) is 0.0870. The van der Waals surface area contributed by atoms with E-state index in [1.165, 1.54) is 25.5 Å². The van der Waals surface area contributed by atoms with Gasteiger partial charge >= 0.3 is 11.8 Å². The molecule has 0 fully saturated rings. The van der Waals surface area contributed by atoms with E-state index in [0.717, 1.165) is 0 Å². The molecular formula is C23H17Cl4N3O4. The van der Waals surface area contributed by atoms with Crippen molar-refractivity contribution in [2.24, 2.45) is 5.10 Å². The molecule has 2 amide bonds. The van der Waals surface area contributed by atoms with E-state index in [0.29, 0.717) is 37.7 Å². The van der Waals surface area contributed by atoms with Gasteiger partial charge in [-0.25, -0.2) is 5.43 Å². The molecule has 2 N–H and O–H groups in total. The molecule has 0 atom stereocenters. The first-order valence-electron chi connectivity index (χ1n) is 9.61. The molecule has 0 aromatic heterocycles. The maximum Gasteiger partial charge on any atom is 0.329 e. The zero-order chi connectivity index (χ0) is 24.7. The number of ether oxygens (including phenoxy) is 2. The van der Waals surface area contributed by atoms with Gasteiger partial charge in [-0.05, 0) is 54.1 Å². The molecule has 0 radical (unpaired) electrons. The zero-order valence-electron chi connectivity index (χ0n) is 17.6. The molecule has 3 aromatic rings. The summed E-state index contributed by atoms with van der Waals surface area (Å²) in [5.41, 5.74) is 3.58. The molecule has 7 nitrogen and oxygen atoms in total. The van der Waals surface area contributed by atoms with Crippen LogP contribution in [0.2, 0.25) is 20.1 Å². The van der Waals surface area contributed by atoms with Crippen LogP contribution in [0.25, 0.3) is 0 Å². The second-order valence-corrected chi connectivity index (χ2v) is 8.33. The van der Waals surface area contributed by atoms with Crippen LogP contribution in [0, 0.1) is 0 Å². The third-order valence-corrected chi connectivity index (χ3v) is 5.66. The number of carbonyl (C=O) groups excluding carboxylic acids is 2. The Bertz CT molecular complexity index is 1230. The fourth-order valence-corrected chi connectivity index (χ4v) is 3.54. The number of hydrogen-bond donors (Lipinski definition) is 2. The minimum Gasteiger partial charge on any atom is -0.493 e. The normalized spacial score (nSPS) is 10.7. The summed E-state index contributed by atoms with van der Waals surface area (Å²) in [6, 6.07) is 14.7. The summed E-state index contributed by atoms with van der Waals surface area (Å²) in [5, 5.41) is 7.73. The number of anilines is 1. The third-order valence-electron chi connectivity index (χ3n) is 4.38. The molecule has 11 heteroatoms. The van der Waals surface area contributed by atoms with Crippen LogP contribution in [0.15, 0.2) is 59.7 Å². The largest absolute Gasteiger partial charge is 0.493 e. The zero-order valence-corrected chi connectivity index (χ0v) is 20.6. The number of halogens is 4. The molecule has 0 aliphatic rings. The van der Waals surface area contributed by atoms with Crippen LogP contribution < -0.4 is 20.2 Å². The maximum absolute atomic E-state index is 12.0. The summed E-state index contributed by atoms with van der Waals surface area (Å²) in [5.74, 6) is -1.07. The van der Waals surface area contributed by atoms with Crippen LogP contribution >= 0.6 is 46.4 Å². The highest BCUT2D eigenvalue weighted by molar-refractivity contribution is 6.42. The molecule has 0 aliphatic carbocycles. The first-order chi connectivity index (χ1) is 16.3. The van der Waals surface area contributed by atoms with Gasteiger partial charge in [0.05, 0.1) is 24.0 Å². The lowest BCUT2D eigenvalue weighted by Gasteiger charge is -2.13. The summed E-state index contributed by atoms with van der Waals surface area (Å²) in [6.07, 6.45) is 1.34. The van der Waals surface area contributed by atoms with E-state index in [2.05, 4.69) is 15.8 Å². The Morgan fingerprint density at radius 1 is 0.912 bits per heavy atom. The molecular weight excluding hydrogens is 524 g/mol. The van der Waals surface area contributed by atoms with Gasteiger partial charge in [-0.1, -0.05) is 52.5 Å². The van der Waals surface area contributed by atoms with Crippen LogP contribution in [0.5, 0.6) is 11.5 Å². The molecule has 0 spiro atoms. The third kappa shape index (κ3) is 6.77. The highest BCUT2D eigenvalue weighted by Crippen LogP contribution is 2.31. The lowest BCUT2D eigenvalue weighted by atomic mass is 10.2. The standard InChI is InChI=1S/C23H17Cl4N3O4/c1-33-21-9-13(5-8-20(21)34-12-15-16(25)3-2-4-17(15)26)11-28-30-23(32)22(31)29-19-10-14(24)6-7-18(19)27/h2-11H,12H2,1H3,(H,29,31)(H,30,32)/b28-11+. The van der Waals surface area contributed by atoms with Crippen molar-refractivity contribution in [3.63, 3.8) is 0 Å². The highest BCUT2D eigenvalue weighted by Gasteiger charge is 2.15. The molecule has 34 heavy (non-hydrogen) atoms. The van der Waals surface area contributed by atoms with Crippen molar-refractivity contribution in [3.8, 4) is 11.5 Å². The topological polar surface area (TPSA) is 89.0 Å². The van der Waals surface area contributed by atoms with Crippen LogP contribution in [-0.4, -0.2) is 25.1 Å². The van der Waals surface area contributed by atoms with Crippen molar-refractivity contribution in [2.45, 2.75) is 6.61 Å². The number of carbonyl (C=O) groups is 2. The van der Waals surface area contributed by atoms with E-state index in [1.54, 1.807) is 42.5 Å². The van der Waals surface area contributed by atoms with Gasteiger partial charge < -0.3 is 14.8 Å². The lowest BCUT2D eigenvalue weighted by molar-refractivity contribution is -0.136. The van der Waals surface area contributed by atoms with Crippen molar-refractivity contribution in [1.29, 1.82) is 0 Å². The number of methoxy groups -OCH3 is 1. The number of nitrogens with zero attached hydrogens (tertiary/aromatic N) is 1. The van der Waals surface area contributed by atoms with Gasteiger partial charge in [0.25, 0.3) is 0 Å². The Labute approximate surface area is 215 Å². The number of nitrogens with one attached hydrogen (secondary N) is 2. The molecule has 0 aliphatic heterocycles. The summed E-state index contributed by atoms with van der Waals surface area (Å²) in [7, 11) is 1.48. The van der Waals surface area contributed by atoms with Gasteiger partial charge in [0.1, 0.15) is 6.61 Å². The summed E-state index contributed by atoms with van der Waals surface area (Å²) < 4.78 is 11.2. The fourth-order valence-electron chi connectivity index (χ4n) is 2.69. The Kier molecular flexibility index (Phi) is 9.01. The number of hydrazone groups is 1. The molecule has 3 rings (SSSR count). The monoisotopic (exact) mass is 539 g/mol. The van der Waals surface area contributed by atoms with Crippen LogP contribution in [-0.2, 0) is 16.2 Å². The van der Waals surface area contributed by atoms with E-state index in [1.807, 2.05) is 0 Å². The summed E-state index contributed by atoms with van der Waals surface area (Å²) in [6.45, 7) is 0.143. The second-order valence-electron chi connectivity index (χ2n) is 6.68. The van der Waals surface area contributed by atoms with Gasteiger partial charge in [0.15, 0.2) is 11.5 Å². The molecule has 0 saturated carbocycles. The lowest BCUT2D eigenvalue weighted by Crippen LogP contribution is -2.32. The minimum absolute atomic E-state index is 0.143. The molecule has 176 valence electrons. The first-order valence-corrected chi connectivity index (χ1v) is 11.1. The van der Waals surface area contributed by atoms with E-state index in [4.69, 9.17) is 55.9 Å². The van der Waals surface area contributed by atoms with Gasteiger partial charge in [0.2, 0.25) is 0 Å². The van der Waals surface area contributed by atoms with Gasteiger partial charge in [-0.3, -0.25) is 9.59 Å². The molecule has 3 aromatic carbocycles. The molecule has 0 bridgehead atoms. The Morgan fingerprint density at radius 2 is 1.65 bits per heavy atom. The van der Waals surface area contributed by atoms with Gasteiger partial charge in [-0.2, -0.15) is 5.10 Å². The quantitative estimate of drug-likeness (QED) is 0.219. The van der Waals surface area contributed by atoms with Crippen LogP contribution in [0.4, 0.5) is 5.69 Å². The predicted molar refractivity (Wildman–Crippen MR) is 135 cm³/mol. The summed E-state index contributed by atoms with van der Waals surface area (Å²) in [4.78, 5) is 24.1.